The van der Waals surface area contributed by atoms with E-state index in [1.165, 1.54) is 0 Å². The lowest BCUT2D eigenvalue weighted by atomic mass is 10.2. The Morgan fingerprint density at radius 1 is 1.33 bits per heavy atom. The maximum Gasteiger partial charge on any atom is 0.226 e. The molecule has 0 bridgehead atoms. The van der Waals surface area contributed by atoms with Crippen LogP contribution in [0.5, 0.6) is 5.75 Å². The number of rotatable bonds is 8. The largest absolute Gasteiger partial charge is 0.485 e. The van der Waals surface area contributed by atoms with E-state index in [1.807, 2.05) is 25.1 Å². The van der Waals surface area contributed by atoms with E-state index < -0.39 is 0 Å². The lowest BCUT2D eigenvalue weighted by Gasteiger charge is -2.12. The van der Waals surface area contributed by atoms with Crippen LogP contribution in [0.3, 0.4) is 0 Å². The number of ether oxygens (including phenoxy) is 1. The van der Waals surface area contributed by atoms with Crippen LogP contribution in [0.4, 0.5) is 0 Å². The molecule has 0 radical (unpaired) electrons. The Morgan fingerprint density at radius 3 is 2.95 bits per heavy atom. The SMILES string of the molecule is CCCc1nc(COc2cccc(Cl)c2CNCC)no1. The zero-order chi connectivity index (χ0) is 15.1. The molecule has 0 unspecified atom stereocenters. The summed E-state index contributed by atoms with van der Waals surface area (Å²) in [6.45, 7) is 5.92. The summed E-state index contributed by atoms with van der Waals surface area (Å²) in [5, 5.41) is 7.84. The van der Waals surface area contributed by atoms with Crippen molar-refractivity contribution < 1.29 is 9.26 Å². The van der Waals surface area contributed by atoms with Crippen LogP contribution in [-0.4, -0.2) is 16.7 Å². The monoisotopic (exact) mass is 309 g/mol. The summed E-state index contributed by atoms with van der Waals surface area (Å²) < 4.78 is 10.9. The minimum atomic E-state index is 0.271. The third kappa shape index (κ3) is 4.44. The molecule has 21 heavy (non-hydrogen) atoms. The Morgan fingerprint density at radius 2 is 2.19 bits per heavy atom. The highest BCUT2D eigenvalue weighted by atomic mass is 35.5. The Kier molecular flexibility index (Phi) is 6.02. The number of benzene rings is 1. The number of aryl methyl sites for hydroxylation is 1. The fraction of sp³-hybridized carbons (Fsp3) is 0.467. The number of nitrogens with one attached hydrogen (secondary N) is 1. The second-order valence-electron chi connectivity index (χ2n) is 4.64. The Labute approximate surface area is 129 Å². The molecular formula is C15H20ClN3O2. The predicted molar refractivity (Wildman–Crippen MR) is 81.5 cm³/mol. The molecule has 1 aromatic heterocycles. The van der Waals surface area contributed by atoms with E-state index in [4.69, 9.17) is 20.9 Å². The molecule has 5 nitrogen and oxygen atoms in total. The van der Waals surface area contributed by atoms with Gasteiger partial charge >= 0.3 is 0 Å². The van der Waals surface area contributed by atoms with Gasteiger partial charge in [-0.25, -0.2) is 0 Å². The second-order valence-corrected chi connectivity index (χ2v) is 5.05. The van der Waals surface area contributed by atoms with Gasteiger partial charge in [0.05, 0.1) is 0 Å². The van der Waals surface area contributed by atoms with Crippen molar-refractivity contribution >= 4 is 11.6 Å². The lowest BCUT2D eigenvalue weighted by molar-refractivity contribution is 0.282. The smallest absolute Gasteiger partial charge is 0.226 e. The van der Waals surface area contributed by atoms with Gasteiger partial charge in [-0.3, -0.25) is 0 Å². The first-order valence-corrected chi connectivity index (χ1v) is 7.54. The normalized spacial score (nSPS) is 10.8. The molecule has 0 spiro atoms. The summed E-state index contributed by atoms with van der Waals surface area (Å²) in [5.74, 6) is 1.94. The third-order valence-electron chi connectivity index (χ3n) is 2.96. The van der Waals surface area contributed by atoms with E-state index in [1.54, 1.807) is 0 Å². The van der Waals surface area contributed by atoms with E-state index in [-0.39, 0.29) is 6.61 Å². The van der Waals surface area contributed by atoms with Gasteiger partial charge in [0.2, 0.25) is 11.7 Å². The van der Waals surface area contributed by atoms with Crippen LogP contribution >= 0.6 is 11.6 Å². The highest BCUT2D eigenvalue weighted by Gasteiger charge is 2.10. The van der Waals surface area contributed by atoms with Crippen molar-refractivity contribution in [2.45, 2.75) is 39.8 Å². The van der Waals surface area contributed by atoms with Crippen molar-refractivity contribution in [1.29, 1.82) is 0 Å². The molecule has 2 rings (SSSR count). The standard InChI is InChI=1S/C15H20ClN3O2/c1-3-6-15-18-14(19-21-15)10-20-13-8-5-7-12(16)11(13)9-17-4-2/h5,7-8,17H,3-4,6,9-10H2,1-2H3. The number of halogens is 1. The van der Waals surface area contributed by atoms with Crippen LogP contribution < -0.4 is 10.1 Å². The maximum atomic E-state index is 6.22. The number of hydrogen-bond acceptors (Lipinski definition) is 5. The zero-order valence-corrected chi connectivity index (χ0v) is 13.1. The van der Waals surface area contributed by atoms with Crippen LogP contribution in [0.15, 0.2) is 22.7 Å². The first kappa shape index (κ1) is 15.8. The molecule has 0 saturated carbocycles. The van der Waals surface area contributed by atoms with Crippen LogP contribution in [0.2, 0.25) is 5.02 Å². The van der Waals surface area contributed by atoms with Crippen molar-refractivity contribution in [3.63, 3.8) is 0 Å². The van der Waals surface area contributed by atoms with Gasteiger partial charge in [0.25, 0.3) is 0 Å². The highest BCUT2D eigenvalue weighted by Crippen LogP contribution is 2.26. The summed E-state index contributed by atoms with van der Waals surface area (Å²) in [5.41, 5.74) is 0.943. The van der Waals surface area contributed by atoms with Gasteiger partial charge in [-0.1, -0.05) is 36.7 Å². The molecule has 0 aliphatic carbocycles. The molecular weight excluding hydrogens is 290 g/mol. The molecule has 0 fully saturated rings. The minimum absolute atomic E-state index is 0.271. The van der Waals surface area contributed by atoms with Gasteiger partial charge < -0.3 is 14.6 Å². The number of hydrogen-bond donors (Lipinski definition) is 1. The predicted octanol–water partition coefficient (Wildman–Crippen LogP) is 3.36. The average Bonchev–Trinajstić information content (AvgIpc) is 2.92. The molecule has 1 aromatic carbocycles. The Hall–Kier alpha value is -1.59. The quantitative estimate of drug-likeness (QED) is 0.810. The maximum absolute atomic E-state index is 6.22. The molecule has 1 N–H and O–H groups in total. The van der Waals surface area contributed by atoms with Crippen molar-refractivity contribution in [2.24, 2.45) is 0 Å². The summed E-state index contributed by atoms with van der Waals surface area (Å²) in [4.78, 5) is 4.28. The molecule has 2 aromatic rings. The third-order valence-corrected chi connectivity index (χ3v) is 3.31. The molecule has 1 heterocycles. The van der Waals surface area contributed by atoms with Gasteiger partial charge in [0.15, 0.2) is 6.61 Å². The molecule has 0 aliphatic rings. The van der Waals surface area contributed by atoms with E-state index in [9.17, 15) is 0 Å². The van der Waals surface area contributed by atoms with E-state index in [0.29, 0.717) is 23.3 Å². The molecule has 0 atom stereocenters. The minimum Gasteiger partial charge on any atom is -0.485 e. The molecule has 0 aliphatic heterocycles. The Balaban J connectivity index is 2.03. The first-order chi connectivity index (χ1) is 10.2. The first-order valence-electron chi connectivity index (χ1n) is 7.17. The molecule has 6 heteroatoms. The van der Waals surface area contributed by atoms with Gasteiger partial charge in [0, 0.05) is 23.6 Å². The summed E-state index contributed by atoms with van der Waals surface area (Å²) in [6, 6.07) is 5.62. The van der Waals surface area contributed by atoms with Gasteiger partial charge in [0.1, 0.15) is 5.75 Å². The van der Waals surface area contributed by atoms with Gasteiger partial charge in [-0.05, 0) is 25.1 Å². The van der Waals surface area contributed by atoms with E-state index in [0.717, 1.165) is 30.7 Å². The van der Waals surface area contributed by atoms with Gasteiger partial charge in [-0.15, -0.1) is 0 Å². The van der Waals surface area contributed by atoms with Gasteiger partial charge in [-0.2, -0.15) is 4.98 Å². The van der Waals surface area contributed by atoms with Crippen molar-refractivity contribution in [3.8, 4) is 5.75 Å². The number of nitrogens with zero attached hydrogens (tertiary/aromatic N) is 2. The van der Waals surface area contributed by atoms with E-state index in [2.05, 4.69) is 22.4 Å². The molecule has 114 valence electrons. The summed E-state index contributed by atoms with van der Waals surface area (Å²) >= 11 is 6.22. The second kappa shape index (κ2) is 8.00. The number of aromatic nitrogens is 2. The fourth-order valence-electron chi connectivity index (χ4n) is 1.90. The van der Waals surface area contributed by atoms with Crippen molar-refractivity contribution in [1.82, 2.24) is 15.5 Å². The molecule has 0 saturated heterocycles. The highest BCUT2D eigenvalue weighted by molar-refractivity contribution is 6.31. The van der Waals surface area contributed by atoms with Crippen LogP contribution in [0.1, 0.15) is 37.5 Å². The lowest BCUT2D eigenvalue weighted by Crippen LogP contribution is -2.13. The van der Waals surface area contributed by atoms with Crippen LogP contribution in [-0.2, 0) is 19.6 Å². The average molecular weight is 310 g/mol. The fourth-order valence-corrected chi connectivity index (χ4v) is 2.13. The van der Waals surface area contributed by atoms with Crippen LogP contribution in [0, 0.1) is 0 Å². The van der Waals surface area contributed by atoms with Crippen molar-refractivity contribution in [2.75, 3.05) is 6.54 Å². The topological polar surface area (TPSA) is 60.2 Å². The summed E-state index contributed by atoms with van der Waals surface area (Å²) in [7, 11) is 0. The molecule has 0 amide bonds. The van der Waals surface area contributed by atoms with Crippen molar-refractivity contribution in [3.05, 3.63) is 40.5 Å². The van der Waals surface area contributed by atoms with Crippen LogP contribution in [0.25, 0.3) is 0 Å². The summed E-state index contributed by atoms with van der Waals surface area (Å²) in [6.07, 6.45) is 1.76. The zero-order valence-electron chi connectivity index (χ0n) is 12.4. The van der Waals surface area contributed by atoms with E-state index >= 15 is 0 Å². The Bertz CT molecular complexity index is 572.